The number of aliphatic carboxylic acids is 1. The fourth-order valence-corrected chi connectivity index (χ4v) is 3.70. The SMILES string of the molecule is COc1cc(CCC(=O)O)ccc1CC(=O)c1cnc(-c2c(-c3ccc(F)cc3)ncn2OC)[nH]1. The molecule has 0 fully saturated rings. The van der Waals surface area contributed by atoms with Crippen molar-refractivity contribution in [3.8, 4) is 28.5 Å². The number of carboxylic acid groups (broad SMARTS) is 1. The van der Waals surface area contributed by atoms with Gasteiger partial charge in [-0.25, -0.2) is 14.4 Å². The number of rotatable bonds is 10. The van der Waals surface area contributed by atoms with E-state index in [2.05, 4.69) is 15.0 Å². The van der Waals surface area contributed by atoms with E-state index in [4.69, 9.17) is 14.7 Å². The maximum atomic E-state index is 13.4. The molecule has 10 heteroatoms. The third-order valence-corrected chi connectivity index (χ3v) is 5.48. The summed E-state index contributed by atoms with van der Waals surface area (Å²) in [4.78, 5) is 40.9. The van der Waals surface area contributed by atoms with Crippen LogP contribution in [0.1, 0.15) is 28.0 Å². The number of hydrogen-bond acceptors (Lipinski definition) is 6. The summed E-state index contributed by atoms with van der Waals surface area (Å²) in [6, 6.07) is 11.2. The number of hydrogen-bond donors (Lipinski definition) is 2. The number of ketones is 1. The van der Waals surface area contributed by atoms with E-state index in [1.165, 1.54) is 43.6 Å². The van der Waals surface area contributed by atoms with Crippen LogP contribution in [-0.4, -0.2) is 50.8 Å². The minimum Gasteiger partial charge on any atom is -0.496 e. The summed E-state index contributed by atoms with van der Waals surface area (Å²) in [7, 11) is 2.97. The van der Waals surface area contributed by atoms with E-state index in [-0.39, 0.29) is 30.1 Å². The molecule has 2 N–H and O–H groups in total. The predicted molar refractivity (Wildman–Crippen MR) is 125 cm³/mol. The Labute approximate surface area is 200 Å². The number of carboxylic acids is 1. The lowest BCUT2D eigenvalue weighted by atomic mass is 10.0. The van der Waals surface area contributed by atoms with Crippen molar-refractivity contribution in [2.45, 2.75) is 19.3 Å². The molecule has 0 unspecified atom stereocenters. The van der Waals surface area contributed by atoms with Crippen molar-refractivity contribution in [3.05, 3.63) is 77.6 Å². The summed E-state index contributed by atoms with van der Waals surface area (Å²) in [5, 5.41) is 8.88. The number of aromatic nitrogens is 4. The molecule has 2 heterocycles. The van der Waals surface area contributed by atoms with Gasteiger partial charge in [-0.1, -0.05) is 12.1 Å². The lowest BCUT2D eigenvalue weighted by molar-refractivity contribution is -0.136. The molecular formula is C25H23FN4O5. The number of ether oxygens (including phenoxy) is 1. The fourth-order valence-electron chi connectivity index (χ4n) is 3.70. The molecule has 2 aromatic heterocycles. The highest BCUT2D eigenvalue weighted by molar-refractivity contribution is 5.96. The Morgan fingerprint density at radius 2 is 1.89 bits per heavy atom. The number of imidazole rings is 2. The number of carbonyl (C=O) groups is 2. The first kappa shape index (κ1) is 23.7. The maximum absolute atomic E-state index is 13.4. The number of aromatic amines is 1. The van der Waals surface area contributed by atoms with E-state index in [0.717, 1.165) is 5.56 Å². The molecule has 0 aliphatic rings. The van der Waals surface area contributed by atoms with Gasteiger partial charge in [0, 0.05) is 24.0 Å². The molecule has 0 atom stereocenters. The van der Waals surface area contributed by atoms with Gasteiger partial charge in [0.1, 0.15) is 36.4 Å². The zero-order valence-electron chi connectivity index (χ0n) is 19.1. The van der Waals surface area contributed by atoms with E-state index >= 15 is 0 Å². The smallest absolute Gasteiger partial charge is 0.303 e. The van der Waals surface area contributed by atoms with Crippen LogP contribution in [0, 0.1) is 5.82 Å². The molecule has 0 aliphatic carbocycles. The highest BCUT2D eigenvalue weighted by atomic mass is 19.1. The molecule has 0 radical (unpaired) electrons. The number of carbonyl (C=O) groups excluding carboxylic acids is 1. The van der Waals surface area contributed by atoms with Crippen LogP contribution in [0.5, 0.6) is 5.75 Å². The third kappa shape index (κ3) is 5.21. The number of H-pyrrole nitrogens is 1. The molecule has 0 saturated carbocycles. The first-order valence-electron chi connectivity index (χ1n) is 10.7. The second-order valence-electron chi connectivity index (χ2n) is 7.74. The summed E-state index contributed by atoms with van der Waals surface area (Å²) in [6.07, 6.45) is 3.34. The maximum Gasteiger partial charge on any atom is 0.303 e. The molecule has 9 nitrogen and oxygen atoms in total. The molecule has 4 aromatic rings. The van der Waals surface area contributed by atoms with Crippen LogP contribution in [0.25, 0.3) is 22.8 Å². The van der Waals surface area contributed by atoms with Crippen molar-refractivity contribution in [1.29, 1.82) is 0 Å². The van der Waals surface area contributed by atoms with Gasteiger partial charge in [0.15, 0.2) is 17.3 Å². The van der Waals surface area contributed by atoms with Gasteiger partial charge in [0.2, 0.25) is 0 Å². The normalized spacial score (nSPS) is 10.8. The van der Waals surface area contributed by atoms with Crippen LogP contribution in [0.4, 0.5) is 4.39 Å². The second-order valence-corrected chi connectivity index (χ2v) is 7.74. The highest BCUT2D eigenvalue weighted by Gasteiger charge is 2.21. The average Bonchev–Trinajstić information content (AvgIpc) is 3.51. The van der Waals surface area contributed by atoms with E-state index in [1.807, 2.05) is 0 Å². The Morgan fingerprint density at radius 1 is 1.11 bits per heavy atom. The Bertz CT molecular complexity index is 1360. The molecule has 4 rings (SSSR count). The fraction of sp³-hybridized carbons (Fsp3) is 0.200. The molecule has 0 spiro atoms. The predicted octanol–water partition coefficient (Wildman–Crippen LogP) is 3.59. The molecule has 35 heavy (non-hydrogen) atoms. The van der Waals surface area contributed by atoms with Gasteiger partial charge in [0.25, 0.3) is 0 Å². The number of nitrogens with zero attached hydrogens (tertiary/aromatic N) is 3. The monoisotopic (exact) mass is 478 g/mol. The molecular weight excluding hydrogens is 455 g/mol. The lowest BCUT2D eigenvalue weighted by Gasteiger charge is -2.10. The third-order valence-electron chi connectivity index (χ3n) is 5.48. The van der Waals surface area contributed by atoms with Crippen LogP contribution in [0.15, 0.2) is 55.0 Å². The van der Waals surface area contributed by atoms with E-state index in [1.54, 1.807) is 30.3 Å². The van der Waals surface area contributed by atoms with Gasteiger partial charge in [-0.2, -0.15) is 4.73 Å². The van der Waals surface area contributed by atoms with Gasteiger partial charge >= 0.3 is 5.97 Å². The number of aryl methyl sites for hydroxylation is 1. The van der Waals surface area contributed by atoms with Crippen molar-refractivity contribution in [3.63, 3.8) is 0 Å². The lowest BCUT2D eigenvalue weighted by Crippen LogP contribution is -2.08. The standard InChI is InChI=1S/C25H23FN4O5/c1-34-21-11-15(4-10-22(32)33)3-5-17(21)12-20(31)19-13-27-25(29-19)24-23(28-14-30(24)35-2)16-6-8-18(26)9-7-16/h3,5-9,11,13-14H,4,10,12H2,1-2H3,(H,27,29)(H,32,33). The number of methoxy groups -OCH3 is 1. The van der Waals surface area contributed by atoms with Gasteiger partial charge in [0.05, 0.1) is 13.3 Å². The minimum atomic E-state index is -0.879. The van der Waals surface area contributed by atoms with Crippen LogP contribution in [0.3, 0.4) is 0 Å². The topological polar surface area (TPSA) is 119 Å². The number of Topliss-reactive ketones (excluding diaryl/α,β-unsaturated/α-hetero) is 1. The zero-order chi connectivity index (χ0) is 24.9. The number of halogens is 1. The van der Waals surface area contributed by atoms with Crippen LogP contribution in [0.2, 0.25) is 0 Å². The summed E-state index contributed by atoms with van der Waals surface area (Å²) in [5.74, 6) is -0.583. The minimum absolute atomic E-state index is 0.0102. The Kier molecular flexibility index (Phi) is 6.91. The first-order chi connectivity index (χ1) is 16.9. The van der Waals surface area contributed by atoms with Crippen molar-refractivity contribution >= 4 is 11.8 Å². The van der Waals surface area contributed by atoms with Gasteiger partial charge in [-0.15, -0.1) is 0 Å². The molecule has 0 aliphatic heterocycles. The molecule has 0 bridgehead atoms. The summed E-state index contributed by atoms with van der Waals surface area (Å²) < 4.78 is 20.2. The van der Waals surface area contributed by atoms with E-state index in [0.29, 0.717) is 40.5 Å². The van der Waals surface area contributed by atoms with Gasteiger partial charge in [-0.05, 0) is 42.3 Å². The van der Waals surface area contributed by atoms with Crippen LogP contribution < -0.4 is 9.57 Å². The highest BCUT2D eigenvalue weighted by Crippen LogP contribution is 2.29. The number of benzene rings is 2. The summed E-state index contributed by atoms with van der Waals surface area (Å²) in [6.45, 7) is 0. The van der Waals surface area contributed by atoms with Crippen molar-refractivity contribution in [2.24, 2.45) is 0 Å². The Balaban J connectivity index is 1.58. The quantitative estimate of drug-likeness (QED) is 0.334. The first-order valence-corrected chi connectivity index (χ1v) is 10.7. The van der Waals surface area contributed by atoms with Crippen LogP contribution in [-0.2, 0) is 17.6 Å². The summed E-state index contributed by atoms with van der Waals surface area (Å²) >= 11 is 0. The molecule has 2 aromatic carbocycles. The van der Waals surface area contributed by atoms with Crippen molar-refractivity contribution in [2.75, 3.05) is 14.2 Å². The Hall–Kier alpha value is -4.47. The van der Waals surface area contributed by atoms with Crippen molar-refractivity contribution < 1.29 is 28.7 Å². The molecule has 0 saturated heterocycles. The Morgan fingerprint density at radius 3 is 2.57 bits per heavy atom. The largest absolute Gasteiger partial charge is 0.496 e. The van der Waals surface area contributed by atoms with E-state index in [9.17, 15) is 14.0 Å². The van der Waals surface area contributed by atoms with Gasteiger partial charge in [-0.3, -0.25) is 9.59 Å². The van der Waals surface area contributed by atoms with E-state index < -0.39 is 5.97 Å². The number of nitrogens with one attached hydrogen (secondary N) is 1. The van der Waals surface area contributed by atoms with Crippen molar-refractivity contribution in [1.82, 2.24) is 19.7 Å². The molecule has 180 valence electrons. The zero-order valence-corrected chi connectivity index (χ0v) is 19.1. The molecule has 0 amide bonds. The average molecular weight is 478 g/mol. The van der Waals surface area contributed by atoms with Crippen LogP contribution >= 0.6 is 0 Å². The summed E-state index contributed by atoms with van der Waals surface area (Å²) in [5.41, 5.74) is 3.42. The van der Waals surface area contributed by atoms with Gasteiger partial charge < -0.3 is 19.7 Å². The second kappa shape index (κ2) is 10.2.